The Kier molecular flexibility index (Phi) is 2.16. The van der Waals surface area contributed by atoms with Gasteiger partial charge < -0.3 is 0 Å². The molecule has 0 spiro atoms. The number of para-hydroxylation sites is 1. The molecule has 0 saturated heterocycles. The second-order valence-electron chi connectivity index (χ2n) is 4.91. The van der Waals surface area contributed by atoms with Gasteiger partial charge in [-0.15, -0.1) is 0 Å². The first-order chi connectivity index (χ1) is 9.17. The Morgan fingerprint density at radius 2 is 2.00 bits per heavy atom. The number of aromatic amines is 1. The van der Waals surface area contributed by atoms with Crippen molar-refractivity contribution in [3.05, 3.63) is 48.3 Å². The van der Waals surface area contributed by atoms with Gasteiger partial charge in [-0.05, 0) is 0 Å². The SMILES string of the molecule is C[C]1([Rh])Nc2ccccc2-c2ccnc3[nH]cc1c23. The summed E-state index contributed by atoms with van der Waals surface area (Å²) in [6.45, 7) is 2.15. The van der Waals surface area contributed by atoms with E-state index in [-0.39, 0.29) is 4.13 Å². The molecule has 4 rings (SSSR count). The number of hydrogen-bond acceptors (Lipinski definition) is 2. The van der Waals surface area contributed by atoms with Gasteiger partial charge in [0.05, 0.1) is 0 Å². The second kappa shape index (κ2) is 3.67. The normalized spacial score (nSPS) is 20.8. The molecule has 1 unspecified atom stereocenters. The predicted molar refractivity (Wildman–Crippen MR) is 72.5 cm³/mol. The summed E-state index contributed by atoms with van der Waals surface area (Å²) in [7, 11) is 0. The molecule has 3 aromatic rings. The van der Waals surface area contributed by atoms with E-state index in [1.54, 1.807) is 0 Å². The Morgan fingerprint density at radius 1 is 1.16 bits per heavy atom. The molecule has 4 heteroatoms. The molecule has 0 radical (unpaired) electrons. The zero-order valence-electron chi connectivity index (χ0n) is 10.3. The minimum atomic E-state index is -0.232. The van der Waals surface area contributed by atoms with E-state index in [4.69, 9.17) is 0 Å². The van der Waals surface area contributed by atoms with Crippen LogP contribution in [0.2, 0.25) is 0 Å². The maximum atomic E-state index is 4.43. The first-order valence-electron chi connectivity index (χ1n) is 6.18. The summed E-state index contributed by atoms with van der Waals surface area (Å²) in [6.07, 6.45) is 3.90. The standard InChI is InChI=1S/C15H12N3.Rh/c1-9-12-8-17-15-14(12)11(6-7-16-15)10-4-2-3-5-13(10)18-9;/h2-8,18H,1H3,(H,16,17);. The van der Waals surface area contributed by atoms with Crippen molar-refractivity contribution in [2.24, 2.45) is 0 Å². The number of benzene rings is 1. The molecule has 0 amide bonds. The van der Waals surface area contributed by atoms with Crippen molar-refractivity contribution < 1.29 is 18.3 Å². The first kappa shape index (κ1) is 11.2. The van der Waals surface area contributed by atoms with E-state index in [2.05, 4.69) is 70.8 Å². The fourth-order valence-electron chi connectivity index (χ4n) is 2.78. The van der Waals surface area contributed by atoms with Crippen LogP contribution in [0.25, 0.3) is 22.2 Å². The Bertz CT molecular complexity index is 789. The molecule has 0 fully saturated rings. The van der Waals surface area contributed by atoms with Gasteiger partial charge in [0, 0.05) is 0 Å². The van der Waals surface area contributed by atoms with Gasteiger partial charge in [0.15, 0.2) is 0 Å². The average Bonchev–Trinajstić information content (AvgIpc) is 2.79. The van der Waals surface area contributed by atoms with Crippen LogP contribution in [0.15, 0.2) is 42.7 Å². The molecular formula is C15H12N3Rh. The minimum absolute atomic E-state index is 0.232. The molecule has 2 N–H and O–H groups in total. The van der Waals surface area contributed by atoms with Crippen LogP contribution >= 0.6 is 0 Å². The summed E-state index contributed by atoms with van der Waals surface area (Å²) in [6, 6.07) is 10.5. The van der Waals surface area contributed by atoms with E-state index < -0.39 is 0 Å². The predicted octanol–water partition coefficient (Wildman–Crippen LogP) is 3.37. The molecule has 3 heterocycles. The number of hydrogen-bond donors (Lipinski definition) is 2. The van der Waals surface area contributed by atoms with Gasteiger partial charge in [-0.3, -0.25) is 0 Å². The van der Waals surface area contributed by atoms with Gasteiger partial charge in [-0.2, -0.15) is 0 Å². The van der Waals surface area contributed by atoms with Gasteiger partial charge in [0.25, 0.3) is 0 Å². The van der Waals surface area contributed by atoms with E-state index >= 15 is 0 Å². The van der Waals surface area contributed by atoms with Crippen molar-refractivity contribution in [3.8, 4) is 11.1 Å². The summed E-state index contributed by atoms with van der Waals surface area (Å²) in [5.41, 5.74) is 5.75. The molecule has 1 aliphatic heterocycles. The molecular weight excluding hydrogens is 325 g/mol. The number of H-pyrrole nitrogens is 1. The third-order valence-electron chi connectivity index (χ3n) is 3.65. The molecule has 1 atom stereocenters. The fourth-order valence-corrected chi connectivity index (χ4v) is 3.33. The van der Waals surface area contributed by atoms with Crippen molar-refractivity contribution in [2.75, 3.05) is 5.32 Å². The number of nitrogens with one attached hydrogen (secondary N) is 2. The van der Waals surface area contributed by atoms with Crippen molar-refractivity contribution >= 4 is 16.7 Å². The molecule has 0 aliphatic carbocycles. The van der Waals surface area contributed by atoms with Crippen LogP contribution < -0.4 is 5.32 Å². The maximum absolute atomic E-state index is 4.43. The van der Waals surface area contributed by atoms with Crippen LogP contribution in [0.1, 0.15) is 12.5 Å². The van der Waals surface area contributed by atoms with Crippen molar-refractivity contribution in [2.45, 2.75) is 11.1 Å². The molecule has 96 valence electrons. The molecule has 2 aromatic heterocycles. The Labute approximate surface area is 121 Å². The summed E-state index contributed by atoms with van der Waals surface area (Å²) in [5.74, 6) is 0. The van der Waals surface area contributed by atoms with Crippen molar-refractivity contribution in [3.63, 3.8) is 0 Å². The van der Waals surface area contributed by atoms with Crippen molar-refractivity contribution in [1.29, 1.82) is 0 Å². The van der Waals surface area contributed by atoms with Crippen LogP contribution in [0, 0.1) is 0 Å². The third-order valence-corrected chi connectivity index (χ3v) is 4.29. The van der Waals surface area contributed by atoms with E-state index in [0.29, 0.717) is 0 Å². The Balaban J connectivity index is 2.21. The van der Waals surface area contributed by atoms with Crippen LogP contribution in [0.3, 0.4) is 0 Å². The van der Waals surface area contributed by atoms with Gasteiger partial charge >= 0.3 is 121 Å². The molecule has 0 saturated carbocycles. The second-order valence-corrected chi connectivity index (χ2v) is 6.55. The van der Waals surface area contributed by atoms with Gasteiger partial charge in [-0.25, -0.2) is 0 Å². The van der Waals surface area contributed by atoms with Crippen LogP contribution in [0.5, 0.6) is 0 Å². The van der Waals surface area contributed by atoms with Crippen LogP contribution in [-0.2, 0) is 22.4 Å². The molecule has 1 aromatic carbocycles. The number of pyridine rings is 1. The first-order valence-corrected chi connectivity index (χ1v) is 6.99. The van der Waals surface area contributed by atoms with Crippen molar-refractivity contribution in [1.82, 2.24) is 9.97 Å². The summed E-state index contributed by atoms with van der Waals surface area (Å²) >= 11 is 3.14. The number of anilines is 1. The Hall–Kier alpha value is -1.67. The summed E-state index contributed by atoms with van der Waals surface area (Å²) in [5, 5.41) is 4.79. The fraction of sp³-hybridized carbons (Fsp3) is 0.133. The van der Waals surface area contributed by atoms with E-state index in [9.17, 15) is 0 Å². The Morgan fingerprint density at radius 3 is 2.89 bits per heavy atom. The summed E-state index contributed by atoms with van der Waals surface area (Å²) < 4.78 is -0.232. The van der Waals surface area contributed by atoms with Crippen LogP contribution in [-0.4, -0.2) is 9.97 Å². The summed E-state index contributed by atoms with van der Waals surface area (Å²) in [4.78, 5) is 7.69. The number of rotatable bonds is 0. The number of nitrogens with zero attached hydrogens (tertiary/aromatic N) is 1. The zero-order valence-corrected chi connectivity index (χ0v) is 12.0. The molecule has 19 heavy (non-hydrogen) atoms. The van der Waals surface area contributed by atoms with Crippen LogP contribution in [0.4, 0.5) is 5.69 Å². The average molecular weight is 337 g/mol. The monoisotopic (exact) mass is 337 g/mol. The van der Waals surface area contributed by atoms with Gasteiger partial charge in [0.1, 0.15) is 0 Å². The molecule has 3 nitrogen and oxygen atoms in total. The number of fused-ring (bicyclic) bond motifs is 2. The van der Waals surface area contributed by atoms with E-state index in [0.717, 1.165) is 11.3 Å². The zero-order chi connectivity index (χ0) is 13.0. The van der Waals surface area contributed by atoms with Gasteiger partial charge in [-0.1, -0.05) is 0 Å². The van der Waals surface area contributed by atoms with E-state index in [1.165, 1.54) is 22.1 Å². The third kappa shape index (κ3) is 1.50. The van der Waals surface area contributed by atoms with Gasteiger partial charge in [0.2, 0.25) is 0 Å². The van der Waals surface area contributed by atoms with E-state index in [1.807, 2.05) is 12.4 Å². The topological polar surface area (TPSA) is 40.7 Å². The quantitative estimate of drug-likeness (QED) is 0.618. The molecule has 1 aliphatic rings. The molecule has 0 bridgehead atoms. The number of aromatic nitrogens is 2.